The van der Waals surface area contributed by atoms with Gasteiger partial charge in [0.1, 0.15) is 6.10 Å². The lowest BCUT2D eigenvalue weighted by atomic mass is 9.75. The van der Waals surface area contributed by atoms with Gasteiger partial charge in [-0.15, -0.1) is 0 Å². The van der Waals surface area contributed by atoms with Gasteiger partial charge in [-0.25, -0.2) is 0 Å². The highest BCUT2D eigenvalue weighted by atomic mass is 16.7. The zero-order valence-electron chi connectivity index (χ0n) is 14.7. The van der Waals surface area contributed by atoms with E-state index in [-0.39, 0.29) is 23.8 Å². The number of aliphatic hydroxyl groups is 1. The molecule has 0 aromatic heterocycles. The van der Waals surface area contributed by atoms with Crippen LogP contribution in [0.5, 0.6) is 0 Å². The van der Waals surface area contributed by atoms with Gasteiger partial charge >= 0.3 is 0 Å². The summed E-state index contributed by atoms with van der Waals surface area (Å²) in [6.45, 7) is 10.5. The second-order valence-electron chi connectivity index (χ2n) is 8.19. The summed E-state index contributed by atoms with van der Waals surface area (Å²) < 4.78 is 12.2. The summed E-state index contributed by atoms with van der Waals surface area (Å²) >= 11 is 0. The van der Waals surface area contributed by atoms with E-state index in [1.807, 2.05) is 0 Å². The molecule has 2 aliphatic heterocycles. The van der Waals surface area contributed by atoms with E-state index >= 15 is 0 Å². The van der Waals surface area contributed by atoms with Crippen LogP contribution in [0.2, 0.25) is 0 Å². The highest BCUT2D eigenvalue weighted by Crippen LogP contribution is 2.48. The van der Waals surface area contributed by atoms with Crippen molar-refractivity contribution >= 4 is 0 Å². The molecule has 3 rings (SSSR count). The second kappa shape index (κ2) is 5.85. The largest absolute Gasteiger partial charge is 0.394 e. The molecule has 0 bridgehead atoms. The van der Waals surface area contributed by atoms with Gasteiger partial charge in [-0.1, -0.05) is 30.3 Å². The van der Waals surface area contributed by atoms with Gasteiger partial charge in [0.15, 0.2) is 5.79 Å². The molecule has 2 fully saturated rings. The average molecular weight is 319 g/mol. The van der Waals surface area contributed by atoms with Gasteiger partial charge in [0, 0.05) is 30.5 Å². The molecule has 0 radical (unpaired) electrons. The fourth-order valence-electron chi connectivity index (χ4n) is 4.48. The van der Waals surface area contributed by atoms with Gasteiger partial charge in [0.2, 0.25) is 0 Å². The Morgan fingerprint density at radius 1 is 1.09 bits per heavy atom. The van der Waals surface area contributed by atoms with Crippen molar-refractivity contribution in [3.8, 4) is 0 Å². The Hall–Kier alpha value is -0.940. The van der Waals surface area contributed by atoms with E-state index in [1.165, 1.54) is 5.56 Å². The molecule has 0 amide bonds. The van der Waals surface area contributed by atoms with Crippen LogP contribution < -0.4 is 0 Å². The number of benzene rings is 1. The number of likely N-dealkylation sites (tertiary alicyclic amines) is 1. The molecule has 1 aromatic rings. The molecule has 23 heavy (non-hydrogen) atoms. The zero-order valence-corrected chi connectivity index (χ0v) is 14.7. The van der Waals surface area contributed by atoms with Crippen LogP contribution in [-0.2, 0) is 16.0 Å². The molecule has 1 spiro atoms. The minimum absolute atomic E-state index is 0.0241. The quantitative estimate of drug-likeness (QED) is 0.930. The van der Waals surface area contributed by atoms with E-state index in [0.717, 1.165) is 19.4 Å². The fraction of sp³-hybridized carbons (Fsp3) is 0.684. The third-order valence-electron chi connectivity index (χ3n) is 5.17. The fourth-order valence-corrected chi connectivity index (χ4v) is 4.48. The standard InChI is InChI=1S/C19H29NO3/c1-17(2)13-19(22-12-16(11-21)23-19)14-18(3,4)20(17)10-15-8-6-5-7-9-15/h5-9,16,21H,10-14H2,1-4H3. The van der Waals surface area contributed by atoms with Crippen molar-refractivity contribution in [2.45, 2.75) is 70.1 Å². The molecule has 4 heteroatoms. The number of piperidine rings is 1. The molecular formula is C19H29NO3. The maximum absolute atomic E-state index is 9.37. The van der Waals surface area contributed by atoms with Crippen LogP contribution in [0, 0.1) is 0 Å². The van der Waals surface area contributed by atoms with E-state index in [0.29, 0.717) is 6.61 Å². The van der Waals surface area contributed by atoms with Crippen molar-refractivity contribution < 1.29 is 14.6 Å². The zero-order chi connectivity index (χ0) is 16.7. The van der Waals surface area contributed by atoms with Crippen molar-refractivity contribution in [2.24, 2.45) is 0 Å². The SMILES string of the molecule is CC1(C)CC2(CC(C)(C)N1Cc1ccccc1)OCC(CO)O2. The monoisotopic (exact) mass is 319 g/mol. The van der Waals surface area contributed by atoms with Gasteiger partial charge in [-0.2, -0.15) is 0 Å². The molecule has 4 nitrogen and oxygen atoms in total. The first kappa shape index (κ1) is 16.9. The predicted molar refractivity (Wildman–Crippen MR) is 90.0 cm³/mol. The van der Waals surface area contributed by atoms with Gasteiger partial charge in [-0.3, -0.25) is 4.90 Å². The van der Waals surface area contributed by atoms with Crippen LogP contribution in [0.1, 0.15) is 46.1 Å². The summed E-state index contributed by atoms with van der Waals surface area (Å²) in [7, 11) is 0. The first-order valence-electron chi connectivity index (χ1n) is 8.51. The molecule has 1 atom stereocenters. The van der Waals surface area contributed by atoms with Crippen LogP contribution in [0.3, 0.4) is 0 Å². The minimum atomic E-state index is -0.562. The van der Waals surface area contributed by atoms with Crippen LogP contribution in [0.4, 0.5) is 0 Å². The highest BCUT2D eigenvalue weighted by Gasteiger charge is 2.56. The third kappa shape index (κ3) is 3.31. The van der Waals surface area contributed by atoms with Crippen LogP contribution in [0.25, 0.3) is 0 Å². The average Bonchev–Trinajstić information content (AvgIpc) is 2.85. The molecule has 1 N–H and O–H groups in total. The summed E-state index contributed by atoms with van der Waals surface area (Å²) in [4.78, 5) is 2.56. The van der Waals surface area contributed by atoms with Crippen molar-refractivity contribution in [3.05, 3.63) is 35.9 Å². The van der Waals surface area contributed by atoms with Crippen molar-refractivity contribution in [1.82, 2.24) is 4.90 Å². The van der Waals surface area contributed by atoms with E-state index in [2.05, 4.69) is 62.9 Å². The molecular weight excluding hydrogens is 290 g/mol. The normalized spacial score (nSPS) is 29.0. The molecule has 2 heterocycles. The number of hydrogen-bond acceptors (Lipinski definition) is 4. The predicted octanol–water partition coefficient (Wildman–Crippen LogP) is 2.94. The smallest absolute Gasteiger partial charge is 0.172 e. The molecule has 0 saturated carbocycles. The Morgan fingerprint density at radius 3 is 2.22 bits per heavy atom. The lowest BCUT2D eigenvalue weighted by Crippen LogP contribution is -2.65. The molecule has 0 aliphatic carbocycles. The van der Waals surface area contributed by atoms with Crippen LogP contribution >= 0.6 is 0 Å². The van der Waals surface area contributed by atoms with Gasteiger partial charge in [0.05, 0.1) is 13.2 Å². The Balaban J connectivity index is 1.83. The van der Waals surface area contributed by atoms with Crippen molar-refractivity contribution in [1.29, 1.82) is 0 Å². The molecule has 2 saturated heterocycles. The second-order valence-corrected chi connectivity index (χ2v) is 8.19. The summed E-state index contributed by atoms with van der Waals surface area (Å²) in [5, 5.41) is 9.37. The molecule has 2 aliphatic rings. The summed E-state index contributed by atoms with van der Waals surface area (Å²) in [6, 6.07) is 10.6. The lowest BCUT2D eigenvalue weighted by molar-refractivity contribution is -0.249. The number of hydrogen-bond donors (Lipinski definition) is 1. The van der Waals surface area contributed by atoms with E-state index in [9.17, 15) is 5.11 Å². The molecule has 128 valence electrons. The molecule has 1 unspecified atom stereocenters. The van der Waals surface area contributed by atoms with Crippen molar-refractivity contribution in [2.75, 3.05) is 13.2 Å². The maximum atomic E-state index is 9.37. The summed E-state index contributed by atoms with van der Waals surface area (Å²) in [5.41, 5.74) is 1.22. The number of ether oxygens (including phenoxy) is 2. The van der Waals surface area contributed by atoms with Crippen molar-refractivity contribution in [3.63, 3.8) is 0 Å². The van der Waals surface area contributed by atoms with Crippen LogP contribution in [0.15, 0.2) is 30.3 Å². The van der Waals surface area contributed by atoms with E-state index in [1.54, 1.807) is 0 Å². The number of aliphatic hydroxyl groups excluding tert-OH is 1. The maximum Gasteiger partial charge on any atom is 0.172 e. The minimum Gasteiger partial charge on any atom is -0.394 e. The van der Waals surface area contributed by atoms with E-state index in [4.69, 9.17) is 9.47 Å². The van der Waals surface area contributed by atoms with Crippen LogP contribution in [-0.4, -0.2) is 46.2 Å². The van der Waals surface area contributed by atoms with Gasteiger partial charge in [0.25, 0.3) is 0 Å². The Morgan fingerprint density at radius 2 is 1.70 bits per heavy atom. The summed E-state index contributed by atoms with van der Waals surface area (Å²) in [6.07, 6.45) is 1.43. The van der Waals surface area contributed by atoms with Gasteiger partial charge < -0.3 is 14.6 Å². The first-order chi connectivity index (χ1) is 10.8. The third-order valence-corrected chi connectivity index (χ3v) is 5.17. The topological polar surface area (TPSA) is 41.9 Å². The Kier molecular flexibility index (Phi) is 4.30. The first-order valence-corrected chi connectivity index (χ1v) is 8.51. The Labute approximate surface area is 139 Å². The Bertz CT molecular complexity index is 523. The summed E-state index contributed by atoms with van der Waals surface area (Å²) in [5.74, 6) is -0.562. The van der Waals surface area contributed by atoms with Gasteiger partial charge in [-0.05, 0) is 33.3 Å². The number of rotatable bonds is 3. The number of nitrogens with zero attached hydrogens (tertiary/aromatic N) is 1. The highest BCUT2D eigenvalue weighted by molar-refractivity contribution is 5.17. The lowest BCUT2D eigenvalue weighted by Gasteiger charge is -2.57. The molecule has 1 aromatic carbocycles. The van der Waals surface area contributed by atoms with E-state index < -0.39 is 5.79 Å².